The molecule has 5 nitrogen and oxygen atoms in total. The maximum Gasteiger partial charge on any atom is 0.272 e. The molecule has 37 heavy (non-hydrogen) atoms. The molecule has 5 aromatic rings. The van der Waals surface area contributed by atoms with Gasteiger partial charge >= 0.3 is 0 Å². The van der Waals surface area contributed by atoms with Crippen LogP contribution in [-0.2, 0) is 20.0 Å². The van der Waals surface area contributed by atoms with Crippen molar-refractivity contribution in [2.75, 3.05) is 6.54 Å². The van der Waals surface area contributed by atoms with Gasteiger partial charge in [-0.25, -0.2) is 4.68 Å². The first-order valence-corrected chi connectivity index (χ1v) is 12.7. The fourth-order valence-corrected chi connectivity index (χ4v) is 4.74. The lowest BCUT2D eigenvalue weighted by molar-refractivity contribution is 0.0736. The number of rotatable bonds is 8. The van der Waals surface area contributed by atoms with Crippen molar-refractivity contribution in [3.05, 3.63) is 131 Å². The second-order valence-electron chi connectivity index (χ2n) is 9.57. The standard InChI is InChI=1S/C32H32N4O/c1-24-16-17-29(25(2)21-24)36-31(22-28(33-36)30-15-10-19-34(30)3)32(37)35(23-27-13-8-5-9-14-27)20-18-26-11-6-4-7-12-26/h4-17,19,21-22H,18,20,23H2,1-3H3. The molecule has 0 aliphatic heterocycles. The van der Waals surface area contributed by atoms with Crippen LogP contribution in [0.2, 0.25) is 0 Å². The van der Waals surface area contributed by atoms with E-state index in [9.17, 15) is 4.79 Å². The van der Waals surface area contributed by atoms with E-state index in [4.69, 9.17) is 5.10 Å². The van der Waals surface area contributed by atoms with E-state index in [1.807, 2.05) is 82.0 Å². The summed E-state index contributed by atoms with van der Waals surface area (Å²) < 4.78 is 3.85. The number of hydrogen-bond acceptors (Lipinski definition) is 2. The van der Waals surface area contributed by atoms with Gasteiger partial charge in [0.2, 0.25) is 0 Å². The normalized spacial score (nSPS) is 11.0. The zero-order chi connectivity index (χ0) is 25.8. The molecule has 0 aliphatic carbocycles. The molecule has 2 heterocycles. The maximum absolute atomic E-state index is 14.3. The lowest BCUT2D eigenvalue weighted by Gasteiger charge is -2.23. The summed E-state index contributed by atoms with van der Waals surface area (Å²) in [6.07, 6.45) is 2.77. The zero-order valence-corrected chi connectivity index (χ0v) is 21.6. The van der Waals surface area contributed by atoms with Gasteiger partial charge in [0.15, 0.2) is 0 Å². The molecule has 0 radical (unpaired) electrons. The van der Waals surface area contributed by atoms with Gasteiger partial charge in [-0.05, 0) is 61.2 Å². The van der Waals surface area contributed by atoms with E-state index in [1.165, 1.54) is 11.1 Å². The molecule has 186 valence electrons. The Morgan fingerprint density at radius 1 is 0.838 bits per heavy atom. The van der Waals surface area contributed by atoms with Gasteiger partial charge in [-0.15, -0.1) is 0 Å². The van der Waals surface area contributed by atoms with Gasteiger partial charge in [-0.1, -0.05) is 78.4 Å². The SMILES string of the molecule is Cc1ccc(-n2nc(-c3cccn3C)cc2C(=O)N(CCc2ccccc2)Cc2ccccc2)c(C)c1. The number of carbonyl (C=O) groups is 1. The van der Waals surface area contributed by atoms with Crippen LogP contribution in [0, 0.1) is 13.8 Å². The molecular formula is C32H32N4O. The topological polar surface area (TPSA) is 43.1 Å². The molecule has 0 fully saturated rings. The predicted molar refractivity (Wildman–Crippen MR) is 149 cm³/mol. The van der Waals surface area contributed by atoms with Crippen molar-refractivity contribution in [3.63, 3.8) is 0 Å². The van der Waals surface area contributed by atoms with E-state index in [2.05, 4.69) is 56.3 Å². The fraction of sp³-hybridized carbons (Fsp3) is 0.188. The van der Waals surface area contributed by atoms with Crippen LogP contribution in [0.15, 0.2) is 103 Å². The molecule has 0 bridgehead atoms. The Morgan fingerprint density at radius 3 is 2.19 bits per heavy atom. The van der Waals surface area contributed by atoms with Gasteiger partial charge < -0.3 is 9.47 Å². The molecule has 0 N–H and O–H groups in total. The van der Waals surface area contributed by atoms with Crippen LogP contribution in [-0.4, -0.2) is 31.7 Å². The fourth-order valence-electron chi connectivity index (χ4n) is 4.74. The minimum absolute atomic E-state index is 0.0345. The molecule has 0 spiro atoms. The van der Waals surface area contributed by atoms with Crippen molar-refractivity contribution in [1.29, 1.82) is 0 Å². The third kappa shape index (κ3) is 5.41. The minimum Gasteiger partial charge on any atom is -0.349 e. The molecule has 3 aromatic carbocycles. The van der Waals surface area contributed by atoms with Crippen molar-refractivity contribution >= 4 is 5.91 Å². The summed E-state index contributed by atoms with van der Waals surface area (Å²) in [4.78, 5) is 16.2. The summed E-state index contributed by atoms with van der Waals surface area (Å²) in [6, 6.07) is 32.7. The highest BCUT2D eigenvalue weighted by molar-refractivity contribution is 5.94. The van der Waals surface area contributed by atoms with E-state index in [0.717, 1.165) is 34.6 Å². The highest BCUT2D eigenvalue weighted by Gasteiger charge is 2.24. The van der Waals surface area contributed by atoms with E-state index >= 15 is 0 Å². The highest BCUT2D eigenvalue weighted by Crippen LogP contribution is 2.25. The van der Waals surface area contributed by atoms with E-state index < -0.39 is 0 Å². The Balaban J connectivity index is 1.56. The Morgan fingerprint density at radius 2 is 1.54 bits per heavy atom. The van der Waals surface area contributed by atoms with Gasteiger partial charge in [0.05, 0.1) is 11.4 Å². The van der Waals surface area contributed by atoms with Gasteiger partial charge in [-0.3, -0.25) is 4.79 Å². The van der Waals surface area contributed by atoms with Gasteiger partial charge in [-0.2, -0.15) is 5.10 Å². The minimum atomic E-state index is -0.0345. The molecule has 0 saturated carbocycles. The second-order valence-corrected chi connectivity index (χ2v) is 9.57. The Labute approximate surface area is 218 Å². The van der Waals surface area contributed by atoms with Crippen molar-refractivity contribution in [2.24, 2.45) is 7.05 Å². The summed E-state index contributed by atoms with van der Waals surface area (Å²) in [5.74, 6) is -0.0345. The first-order valence-electron chi connectivity index (χ1n) is 12.7. The highest BCUT2D eigenvalue weighted by atomic mass is 16.2. The van der Waals surface area contributed by atoms with E-state index in [1.54, 1.807) is 0 Å². The largest absolute Gasteiger partial charge is 0.349 e. The summed E-state index contributed by atoms with van der Waals surface area (Å²) in [5, 5.41) is 4.95. The quantitative estimate of drug-likeness (QED) is 0.254. The molecule has 0 unspecified atom stereocenters. The first-order chi connectivity index (χ1) is 18.0. The van der Waals surface area contributed by atoms with Crippen LogP contribution in [0.5, 0.6) is 0 Å². The molecule has 0 aliphatic rings. The van der Waals surface area contributed by atoms with Crippen LogP contribution in [0.4, 0.5) is 0 Å². The molecule has 1 amide bonds. The monoisotopic (exact) mass is 488 g/mol. The van der Waals surface area contributed by atoms with Gasteiger partial charge in [0.25, 0.3) is 5.91 Å². The third-order valence-corrected chi connectivity index (χ3v) is 6.73. The number of nitrogens with zero attached hydrogens (tertiary/aromatic N) is 4. The van der Waals surface area contributed by atoms with E-state index in [0.29, 0.717) is 18.8 Å². The summed E-state index contributed by atoms with van der Waals surface area (Å²) >= 11 is 0. The number of aromatic nitrogens is 3. The number of amides is 1. The Kier molecular flexibility index (Phi) is 7.04. The van der Waals surface area contributed by atoms with Crippen molar-refractivity contribution in [3.8, 4) is 17.1 Å². The Hall–Kier alpha value is -4.38. The number of aryl methyl sites for hydroxylation is 3. The van der Waals surface area contributed by atoms with Crippen molar-refractivity contribution < 1.29 is 4.79 Å². The second kappa shape index (κ2) is 10.7. The molecule has 0 atom stereocenters. The molecular weight excluding hydrogens is 456 g/mol. The molecule has 5 heteroatoms. The van der Waals surface area contributed by atoms with Crippen LogP contribution in [0.3, 0.4) is 0 Å². The molecule has 5 rings (SSSR count). The van der Waals surface area contributed by atoms with Crippen LogP contribution in [0.25, 0.3) is 17.1 Å². The van der Waals surface area contributed by atoms with E-state index in [-0.39, 0.29) is 5.91 Å². The van der Waals surface area contributed by atoms with Gasteiger partial charge in [0, 0.05) is 26.3 Å². The first kappa shape index (κ1) is 24.3. The number of carbonyl (C=O) groups excluding carboxylic acids is 1. The van der Waals surface area contributed by atoms with Crippen LogP contribution in [0.1, 0.15) is 32.7 Å². The average molecular weight is 489 g/mol. The third-order valence-electron chi connectivity index (χ3n) is 6.73. The van der Waals surface area contributed by atoms with Gasteiger partial charge in [0.1, 0.15) is 11.4 Å². The van der Waals surface area contributed by atoms with Crippen LogP contribution >= 0.6 is 0 Å². The smallest absolute Gasteiger partial charge is 0.272 e. The summed E-state index contributed by atoms with van der Waals surface area (Å²) in [7, 11) is 1.99. The molecule has 0 saturated heterocycles. The zero-order valence-electron chi connectivity index (χ0n) is 21.6. The summed E-state index contributed by atoms with van der Waals surface area (Å²) in [5.41, 5.74) is 7.79. The average Bonchev–Trinajstić information content (AvgIpc) is 3.53. The predicted octanol–water partition coefficient (Wildman–Crippen LogP) is 6.38. The number of hydrogen-bond donors (Lipinski definition) is 0. The van der Waals surface area contributed by atoms with Crippen molar-refractivity contribution in [2.45, 2.75) is 26.8 Å². The lowest BCUT2D eigenvalue weighted by Crippen LogP contribution is -2.34. The Bertz CT molecular complexity index is 1500. The lowest BCUT2D eigenvalue weighted by atomic mass is 10.1. The molecule has 2 aromatic heterocycles. The number of benzene rings is 3. The summed E-state index contributed by atoms with van der Waals surface area (Å²) in [6.45, 7) is 5.28. The maximum atomic E-state index is 14.3. The van der Waals surface area contributed by atoms with Crippen molar-refractivity contribution in [1.82, 2.24) is 19.2 Å². The van der Waals surface area contributed by atoms with Crippen LogP contribution < -0.4 is 0 Å².